The molecule has 8 atom stereocenters. The summed E-state index contributed by atoms with van der Waals surface area (Å²) in [5, 5.41) is 25.7. The van der Waals surface area contributed by atoms with Gasteiger partial charge in [-0.2, -0.15) is 0 Å². The molecule has 2 aromatic heterocycles. The Morgan fingerprint density at radius 3 is 2.46 bits per heavy atom. The van der Waals surface area contributed by atoms with Gasteiger partial charge in [-0.15, -0.1) is 10.2 Å². The molecule has 3 heterocycles. The minimum atomic E-state index is -1.41. The van der Waals surface area contributed by atoms with E-state index in [1.54, 1.807) is 36.1 Å². The first-order chi connectivity index (χ1) is 25.6. The molecular formula is C37H46ClN7O8S. The number of hydrogen-bond acceptors (Lipinski definition) is 11. The lowest BCUT2D eigenvalue weighted by atomic mass is 9.85. The molecule has 3 saturated carbocycles. The second-order valence-electron chi connectivity index (χ2n) is 16.0. The van der Waals surface area contributed by atoms with Gasteiger partial charge in [0.1, 0.15) is 57.7 Å². The van der Waals surface area contributed by atoms with Crippen molar-refractivity contribution in [3.05, 3.63) is 29.5 Å². The number of nitrogens with zero attached hydrogens (tertiary/aromatic N) is 5. The Bertz CT molecular complexity index is 1980. The number of amides is 3. The average molecular weight is 784 g/mol. The maximum absolute atomic E-state index is 14.6. The number of aryl methyl sites for hydroxylation is 1. The number of likely N-dealkylation sites (tertiary alicyclic amines) is 1. The van der Waals surface area contributed by atoms with Crippen LogP contribution in [0, 0.1) is 23.2 Å². The number of ether oxygens (including phenoxy) is 3. The highest BCUT2D eigenvalue weighted by atomic mass is 35.5. The molecule has 15 nitrogen and oxygen atoms in total. The molecule has 1 aromatic carbocycles. The van der Waals surface area contributed by atoms with Crippen molar-refractivity contribution in [1.82, 2.24) is 35.3 Å². The van der Waals surface area contributed by atoms with Gasteiger partial charge in [-0.3, -0.25) is 9.59 Å². The van der Waals surface area contributed by atoms with Gasteiger partial charge in [-0.1, -0.05) is 45.7 Å². The molecule has 3 aliphatic carbocycles. The Balaban J connectivity index is 1.19. The van der Waals surface area contributed by atoms with Crippen molar-refractivity contribution in [1.29, 1.82) is 0 Å². The maximum atomic E-state index is 14.6. The van der Waals surface area contributed by atoms with E-state index >= 15 is 0 Å². The van der Waals surface area contributed by atoms with E-state index in [2.05, 4.69) is 20.8 Å². The fraction of sp³-hybridized carbons (Fsp3) is 0.595. The lowest BCUT2D eigenvalue weighted by Crippen LogP contribution is -2.59. The van der Waals surface area contributed by atoms with Crippen LogP contribution in [-0.2, 0) is 26.2 Å². The number of carbonyl (C=O) groups excluding carboxylic acids is 3. The van der Waals surface area contributed by atoms with Crippen LogP contribution in [0.3, 0.4) is 0 Å². The summed E-state index contributed by atoms with van der Waals surface area (Å²) in [4.78, 5) is 60.5. The molecule has 54 heavy (non-hydrogen) atoms. The largest absolute Gasteiger partial charge is 0.495 e. The minimum Gasteiger partial charge on any atom is -0.495 e. The Labute approximate surface area is 322 Å². The van der Waals surface area contributed by atoms with E-state index in [9.17, 15) is 24.3 Å². The number of hydrogen-bond donors (Lipinski definition) is 3. The molecule has 0 unspecified atom stereocenters. The third-order valence-electron chi connectivity index (χ3n) is 11.2. The molecule has 1 saturated heterocycles. The number of nitrogens with one attached hydrogen (secondary N) is 2. The number of halogens is 1. The van der Waals surface area contributed by atoms with Crippen molar-refractivity contribution in [2.75, 3.05) is 13.7 Å². The number of fused-ring (bicyclic) bond motifs is 2. The van der Waals surface area contributed by atoms with Gasteiger partial charge in [0, 0.05) is 24.9 Å². The van der Waals surface area contributed by atoms with Gasteiger partial charge < -0.3 is 39.4 Å². The van der Waals surface area contributed by atoms with E-state index in [-0.39, 0.29) is 30.0 Å². The smallest absolute Gasteiger partial charge is 0.408 e. The highest BCUT2D eigenvalue weighted by Crippen LogP contribution is 2.52. The zero-order chi connectivity index (χ0) is 38.7. The van der Waals surface area contributed by atoms with Crippen LogP contribution in [0.25, 0.3) is 10.9 Å². The predicted octanol–water partition coefficient (Wildman–Crippen LogP) is 4.83. The molecule has 290 valence electrons. The fourth-order valence-electron chi connectivity index (χ4n) is 7.97. The average Bonchev–Trinajstić information content (AvgIpc) is 3.82. The summed E-state index contributed by atoms with van der Waals surface area (Å²) in [6.07, 6.45) is 3.72. The van der Waals surface area contributed by atoms with E-state index in [4.69, 9.17) is 30.8 Å². The summed E-state index contributed by atoms with van der Waals surface area (Å²) in [6, 6.07) is 3.06. The van der Waals surface area contributed by atoms with Crippen molar-refractivity contribution in [3.63, 3.8) is 0 Å². The summed E-state index contributed by atoms with van der Waals surface area (Å²) in [6.45, 7) is 7.33. The topological polar surface area (TPSA) is 187 Å². The van der Waals surface area contributed by atoms with Gasteiger partial charge in [-0.25, -0.2) is 14.6 Å². The minimum absolute atomic E-state index is 0.0248. The summed E-state index contributed by atoms with van der Waals surface area (Å²) in [5.41, 5.74) is -1.77. The summed E-state index contributed by atoms with van der Waals surface area (Å²) < 4.78 is 19.6. The quantitative estimate of drug-likeness (QED) is 0.227. The summed E-state index contributed by atoms with van der Waals surface area (Å²) >= 11 is 8.01. The first-order valence-electron chi connectivity index (χ1n) is 18.3. The monoisotopic (exact) mass is 783 g/mol. The molecule has 0 radical (unpaired) electrons. The second-order valence-corrected chi connectivity index (χ2v) is 17.4. The number of alkyl carbamates (subject to hydrolysis) is 1. The third kappa shape index (κ3) is 7.38. The fourth-order valence-corrected chi connectivity index (χ4v) is 9.03. The van der Waals surface area contributed by atoms with E-state index in [1.807, 2.05) is 27.7 Å². The van der Waals surface area contributed by atoms with Crippen molar-refractivity contribution in [2.24, 2.45) is 30.2 Å². The van der Waals surface area contributed by atoms with Crippen LogP contribution in [-0.4, -0.2) is 97.1 Å². The van der Waals surface area contributed by atoms with E-state index in [0.29, 0.717) is 57.3 Å². The Hall–Kier alpha value is -4.31. The van der Waals surface area contributed by atoms with Crippen molar-refractivity contribution < 1.29 is 38.5 Å². The Morgan fingerprint density at radius 1 is 1.11 bits per heavy atom. The SMILES string of the molecule is CC[C@@H]1C[C@]1(NC(=O)[C@@H]1C[C@@H](Oc2cc(Sc3nncn3C)nc3c(Cl)c(OC)ccc23)CN1C(=O)[C@@H](NC(=O)O[C@@H]1C[C@@H]2C[C@@H]2C1)C(C)(C)C)C(=O)O. The van der Waals surface area contributed by atoms with E-state index < -0.39 is 53.0 Å². The highest BCUT2D eigenvalue weighted by molar-refractivity contribution is 7.99. The molecular weight excluding hydrogens is 738 g/mol. The number of pyridine rings is 1. The zero-order valence-electron chi connectivity index (χ0n) is 31.1. The lowest BCUT2D eigenvalue weighted by Gasteiger charge is -2.35. The molecule has 1 aliphatic heterocycles. The van der Waals surface area contributed by atoms with Gasteiger partial charge in [0.25, 0.3) is 0 Å². The number of carboxylic acid groups (broad SMARTS) is 1. The first-order valence-corrected chi connectivity index (χ1v) is 19.5. The molecule has 3 amide bonds. The first kappa shape index (κ1) is 38.0. The summed E-state index contributed by atoms with van der Waals surface area (Å²) in [5.74, 6) is -0.423. The highest BCUT2D eigenvalue weighted by Gasteiger charge is 2.61. The van der Waals surface area contributed by atoms with Gasteiger partial charge in [0.05, 0.1) is 19.2 Å². The molecule has 0 bridgehead atoms. The van der Waals surface area contributed by atoms with Crippen LogP contribution in [0.2, 0.25) is 5.02 Å². The molecule has 4 fully saturated rings. The van der Waals surface area contributed by atoms with Gasteiger partial charge in [-0.05, 0) is 72.7 Å². The van der Waals surface area contributed by atoms with Crippen LogP contribution in [0.1, 0.15) is 66.2 Å². The maximum Gasteiger partial charge on any atom is 0.408 e. The second kappa shape index (κ2) is 14.4. The third-order valence-corrected chi connectivity index (χ3v) is 12.6. The number of benzene rings is 1. The lowest BCUT2D eigenvalue weighted by molar-refractivity contribution is -0.146. The Morgan fingerprint density at radius 2 is 1.85 bits per heavy atom. The molecule has 3 N–H and O–H groups in total. The van der Waals surface area contributed by atoms with Gasteiger partial charge in [0.2, 0.25) is 11.8 Å². The number of aromatic nitrogens is 4. The van der Waals surface area contributed by atoms with Crippen LogP contribution in [0.15, 0.2) is 34.7 Å². The van der Waals surface area contributed by atoms with E-state index in [1.165, 1.54) is 30.2 Å². The van der Waals surface area contributed by atoms with Crippen molar-refractivity contribution in [2.45, 2.75) is 106 Å². The standard InChI is InChI=1S/C37H46ClN7O8S/c1-7-20-15-37(20,33(48)49)42-31(46)24-13-22(16-45(24)32(47)30(36(2,3)4)41-35(50)53-21-11-18-10-19(18)12-21)52-26-14-27(54-34-43-39-17-44(34)5)40-29-23(26)8-9-25(51-6)28(29)38/h8-9,14,17-22,24,30H,7,10-13,15-16H2,1-6H3,(H,41,50)(H,42,46)(H,48,49)/t18-,19+,20-,21+,22-,24+,30-,37-/m1/s1. The number of methoxy groups -OCH3 is 1. The van der Waals surface area contributed by atoms with Crippen LogP contribution in [0.5, 0.6) is 11.5 Å². The zero-order valence-corrected chi connectivity index (χ0v) is 32.7. The van der Waals surface area contributed by atoms with Crippen LogP contribution >= 0.6 is 23.4 Å². The van der Waals surface area contributed by atoms with Gasteiger partial charge >= 0.3 is 12.1 Å². The normalized spacial score (nSPS) is 27.6. The number of carbonyl (C=O) groups is 4. The Kier molecular flexibility index (Phi) is 10.1. The van der Waals surface area contributed by atoms with Crippen molar-refractivity contribution >= 4 is 58.1 Å². The number of aliphatic carboxylic acids is 1. The molecule has 17 heteroatoms. The van der Waals surface area contributed by atoms with Gasteiger partial charge in [0.15, 0.2) is 5.16 Å². The molecule has 0 spiro atoms. The number of carboxylic acids is 1. The van der Waals surface area contributed by atoms with Crippen molar-refractivity contribution in [3.8, 4) is 11.5 Å². The number of rotatable bonds is 12. The molecule has 7 rings (SSSR count). The summed E-state index contributed by atoms with van der Waals surface area (Å²) in [7, 11) is 3.31. The predicted molar refractivity (Wildman–Crippen MR) is 197 cm³/mol. The molecule has 4 aliphatic rings. The van der Waals surface area contributed by atoms with Crippen LogP contribution < -0.4 is 20.1 Å². The molecule has 3 aromatic rings. The van der Waals surface area contributed by atoms with E-state index in [0.717, 1.165) is 12.8 Å². The van der Waals surface area contributed by atoms with Crippen LogP contribution in [0.4, 0.5) is 4.79 Å².